The van der Waals surface area contributed by atoms with Gasteiger partial charge in [-0.3, -0.25) is 0 Å². The first kappa shape index (κ1) is 12.9. The smallest absolute Gasteiger partial charge is 0.328 e. The maximum atomic E-state index is 11.4. The lowest BCUT2D eigenvalue weighted by molar-refractivity contribution is -0.142. The summed E-state index contributed by atoms with van der Waals surface area (Å²) in [7, 11) is 0. The van der Waals surface area contributed by atoms with Gasteiger partial charge >= 0.3 is 12.0 Å². The molecule has 1 heterocycles. The summed E-state index contributed by atoms with van der Waals surface area (Å²) in [6.07, 6.45) is 2.93. The highest BCUT2D eigenvalue weighted by molar-refractivity contribution is 5.85. The number of hydrogen-bond donors (Lipinski definition) is 3. The third-order valence-corrected chi connectivity index (χ3v) is 2.03. The van der Waals surface area contributed by atoms with Crippen molar-refractivity contribution in [2.75, 3.05) is 0 Å². The Hall–Kier alpha value is -2.18. The first-order chi connectivity index (χ1) is 7.92. The third-order valence-electron chi connectivity index (χ3n) is 2.03. The van der Waals surface area contributed by atoms with Crippen LogP contribution >= 0.6 is 0 Å². The Bertz CT molecular complexity index is 405. The molecule has 0 aliphatic carbocycles. The summed E-state index contributed by atoms with van der Waals surface area (Å²) in [5.74, 6) is -1.10. The van der Waals surface area contributed by atoms with Gasteiger partial charge in [-0.15, -0.1) is 0 Å². The van der Waals surface area contributed by atoms with E-state index in [4.69, 9.17) is 5.11 Å². The van der Waals surface area contributed by atoms with Crippen molar-refractivity contribution < 1.29 is 14.7 Å². The Labute approximate surface area is 98.3 Å². The van der Waals surface area contributed by atoms with Crippen molar-refractivity contribution in [2.45, 2.75) is 25.9 Å². The fourth-order valence-electron chi connectivity index (χ4n) is 0.975. The molecule has 0 aromatic carbocycles. The van der Waals surface area contributed by atoms with Gasteiger partial charge in [0.1, 0.15) is 11.9 Å². The van der Waals surface area contributed by atoms with Crippen molar-refractivity contribution in [3.63, 3.8) is 0 Å². The molecule has 1 rings (SSSR count). The number of aromatic nitrogens is 2. The van der Waals surface area contributed by atoms with Crippen LogP contribution in [0.1, 0.15) is 19.5 Å². The fraction of sp³-hybridized carbons (Fsp3) is 0.400. The fourth-order valence-corrected chi connectivity index (χ4v) is 0.975. The Morgan fingerprint density at radius 3 is 2.71 bits per heavy atom. The van der Waals surface area contributed by atoms with Gasteiger partial charge in [0.2, 0.25) is 0 Å². The van der Waals surface area contributed by atoms with Gasteiger partial charge in [0.25, 0.3) is 0 Å². The van der Waals surface area contributed by atoms with Crippen LogP contribution in [0.5, 0.6) is 0 Å². The summed E-state index contributed by atoms with van der Waals surface area (Å²) in [5.41, 5.74) is -0.668. The van der Waals surface area contributed by atoms with Crippen molar-refractivity contribution in [3.8, 4) is 0 Å². The Morgan fingerprint density at radius 1 is 1.47 bits per heavy atom. The second kappa shape index (κ2) is 5.24. The van der Waals surface area contributed by atoms with Gasteiger partial charge in [0.05, 0.1) is 12.2 Å². The highest BCUT2D eigenvalue weighted by atomic mass is 16.4. The molecule has 0 atom stereocenters. The molecule has 0 aliphatic rings. The lowest BCUT2D eigenvalue weighted by atomic mass is 10.1. The lowest BCUT2D eigenvalue weighted by Gasteiger charge is -2.21. The van der Waals surface area contributed by atoms with Crippen molar-refractivity contribution in [1.29, 1.82) is 0 Å². The minimum absolute atomic E-state index is 0.212. The highest BCUT2D eigenvalue weighted by Crippen LogP contribution is 2.01. The monoisotopic (exact) mass is 238 g/mol. The standard InChI is InChI=1S/C10H14N4O3/c1-10(2,8(15)16)14-9(17)12-5-7-3-4-11-6-13-7/h3-4,6H,5H2,1-2H3,(H,15,16)(H2,12,14,17). The zero-order valence-corrected chi connectivity index (χ0v) is 9.60. The SMILES string of the molecule is CC(C)(NC(=O)NCc1ccncn1)C(=O)O. The van der Waals surface area contributed by atoms with E-state index in [2.05, 4.69) is 20.6 Å². The average molecular weight is 238 g/mol. The molecular weight excluding hydrogens is 224 g/mol. The number of urea groups is 1. The van der Waals surface area contributed by atoms with Crippen LogP contribution in [0, 0.1) is 0 Å². The third kappa shape index (κ3) is 4.06. The number of amides is 2. The molecule has 7 heteroatoms. The molecule has 1 aromatic heterocycles. The van der Waals surface area contributed by atoms with Crippen LogP contribution in [0.4, 0.5) is 4.79 Å². The minimum Gasteiger partial charge on any atom is -0.480 e. The first-order valence-corrected chi connectivity index (χ1v) is 4.96. The van der Waals surface area contributed by atoms with E-state index in [1.807, 2.05) is 0 Å². The number of carbonyl (C=O) groups excluding carboxylic acids is 1. The number of nitrogens with one attached hydrogen (secondary N) is 2. The maximum Gasteiger partial charge on any atom is 0.328 e. The second-order valence-corrected chi connectivity index (χ2v) is 3.94. The van der Waals surface area contributed by atoms with Gasteiger partial charge in [-0.05, 0) is 19.9 Å². The second-order valence-electron chi connectivity index (χ2n) is 3.94. The summed E-state index contributed by atoms with van der Waals surface area (Å²) < 4.78 is 0. The predicted molar refractivity (Wildman–Crippen MR) is 59.1 cm³/mol. The molecule has 0 bridgehead atoms. The van der Waals surface area contributed by atoms with Crippen LogP contribution in [0.3, 0.4) is 0 Å². The molecule has 0 saturated carbocycles. The highest BCUT2D eigenvalue weighted by Gasteiger charge is 2.28. The number of carbonyl (C=O) groups is 2. The molecular formula is C10H14N4O3. The van der Waals surface area contributed by atoms with E-state index in [9.17, 15) is 9.59 Å². The molecule has 7 nitrogen and oxygen atoms in total. The molecule has 0 unspecified atom stereocenters. The van der Waals surface area contributed by atoms with E-state index in [1.165, 1.54) is 20.2 Å². The largest absolute Gasteiger partial charge is 0.480 e. The van der Waals surface area contributed by atoms with E-state index >= 15 is 0 Å². The summed E-state index contributed by atoms with van der Waals surface area (Å²) in [5, 5.41) is 13.7. The average Bonchev–Trinajstić information content (AvgIpc) is 2.27. The molecule has 0 radical (unpaired) electrons. The number of rotatable bonds is 4. The molecule has 0 aliphatic heterocycles. The predicted octanol–water partition coefficient (Wildman–Crippen LogP) is 0.139. The Morgan fingerprint density at radius 2 is 2.18 bits per heavy atom. The van der Waals surface area contributed by atoms with Crippen LogP contribution in [0.2, 0.25) is 0 Å². The minimum atomic E-state index is -1.31. The topological polar surface area (TPSA) is 104 Å². The van der Waals surface area contributed by atoms with Crippen molar-refractivity contribution >= 4 is 12.0 Å². The number of hydrogen-bond acceptors (Lipinski definition) is 4. The van der Waals surface area contributed by atoms with Gasteiger partial charge < -0.3 is 15.7 Å². The van der Waals surface area contributed by atoms with Crippen molar-refractivity contribution in [2.24, 2.45) is 0 Å². The molecule has 0 spiro atoms. The first-order valence-electron chi connectivity index (χ1n) is 4.96. The number of carboxylic acid groups (broad SMARTS) is 1. The quantitative estimate of drug-likeness (QED) is 0.692. The maximum absolute atomic E-state index is 11.4. The van der Waals surface area contributed by atoms with Gasteiger partial charge in [-0.25, -0.2) is 19.6 Å². The van der Waals surface area contributed by atoms with Crippen molar-refractivity contribution in [1.82, 2.24) is 20.6 Å². The van der Waals surface area contributed by atoms with E-state index < -0.39 is 17.5 Å². The van der Waals surface area contributed by atoms with Crippen LogP contribution in [-0.4, -0.2) is 32.6 Å². The molecule has 1 aromatic rings. The van der Waals surface area contributed by atoms with E-state index in [0.717, 1.165) is 0 Å². The van der Waals surface area contributed by atoms with E-state index in [0.29, 0.717) is 5.69 Å². The number of aliphatic carboxylic acids is 1. The normalized spacial score (nSPS) is 10.7. The zero-order chi connectivity index (χ0) is 12.9. The van der Waals surface area contributed by atoms with Gasteiger partial charge in [-0.2, -0.15) is 0 Å². The zero-order valence-electron chi connectivity index (χ0n) is 9.60. The number of nitrogens with zero attached hydrogens (tertiary/aromatic N) is 2. The lowest BCUT2D eigenvalue weighted by Crippen LogP contribution is -2.53. The summed E-state index contributed by atoms with van der Waals surface area (Å²) in [4.78, 5) is 29.8. The summed E-state index contributed by atoms with van der Waals surface area (Å²) in [6, 6.07) is 1.10. The molecule has 0 saturated heterocycles. The van der Waals surface area contributed by atoms with Gasteiger partial charge in [0.15, 0.2) is 0 Å². The van der Waals surface area contributed by atoms with E-state index in [-0.39, 0.29) is 6.54 Å². The molecule has 0 fully saturated rings. The summed E-state index contributed by atoms with van der Waals surface area (Å²) in [6.45, 7) is 3.02. The van der Waals surface area contributed by atoms with Crippen LogP contribution in [0.15, 0.2) is 18.6 Å². The Balaban J connectivity index is 2.44. The van der Waals surface area contributed by atoms with Crippen LogP contribution in [0.25, 0.3) is 0 Å². The molecule has 17 heavy (non-hydrogen) atoms. The van der Waals surface area contributed by atoms with Crippen LogP contribution in [-0.2, 0) is 11.3 Å². The molecule has 92 valence electrons. The van der Waals surface area contributed by atoms with E-state index in [1.54, 1.807) is 12.3 Å². The number of carboxylic acids is 1. The molecule has 3 N–H and O–H groups in total. The Kier molecular flexibility index (Phi) is 3.97. The summed E-state index contributed by atoms with van der Waals surface area (Å²) >= 11 is 0. The van der Waals surface area contributed by atoms with Gasteiger partial charge in [0, 0.05) is 6.20 Å². The van der Waals surface area contributed by atoms with Crippen molar-refractivity contribution in [3.05, 3.63) is 24.3 Å². The molecule has 2 amide bonds. The van der Waals surface area contributed by atoms with Crippen LogP contribution < -0.4 is 10.6 Å². The van der Waals surface area contributed by atoms with Gasteiger partial charge in [-0.1, -0.05) is 0 Å².